The second kappa shape index (κ2) is 11.6. The van der Waals surface area contributed by atoms with E-state index in [1.54, 1.807) is 7.11 Å². The normalized spacial score (nSPS) is 14.7. The number of carbonyl (C=O) groups excluding carboxylic acids is 1. The van der Waals surface area contributed by atoms with Crippen LogP contribution in [0.1, 0.15) is 50.2 Å². The van der Waals surface area contributed by atoms with Crippen molar-refractivity contribution in [3.63, 3.8) is 0 Å². The Morgan fingerprint density at radius 3 is 2.65 bits per heavy atom. The lowest BCUT2D eigenvalue weighted by Crippen LogP contribution is -2.33. The summed E-state index contributed by atoms with van der Waals surface area (Å²) in [6.07, 6.45) is 10.4. The van der Waals surface area contributed by atoms with Gasteiger partial charge < -0.3 is 14.8 Å². The Balaban J connectivity index is 1.59. The molecule has 0 aliphatic heterocycles. The molecule has 2 aromatic carbocycles. The predicted molar refractivity (Wildman–Crippen MR) is 127 cm³/mol. The van der Waals surface area contributed by atoms with Gasteiger partial charge in [0.25, 0.3) is 5.91 Å². The highest BCUT2D eigenvalue weighted by Crippen LogP contribution is 2.29. The Morgan fingerprint density at radius 1 is 1.13 bits per heavy atom. The van der Waals surface area contributed by atoms with Crippen LogP contribution < -0.4 is 14.8 Å². The standard InChI is InChI=1S/C26H34N2O3/c1-4-10-20-15-16-24(25(17-20)30-3)31-19-26(29)27-23-14-9-8-11-21(23)18-28(2)22-12-6-5-7-13-22/h4,8-11,14-17,22H,5-7,12-13,18-19H2,1-3H3,(H,27,29)/b10-4+. The molecule has 31 heavy (non-hydrogen) atoms. The number of ether oxygens (including phenoxy) is 2. The summed E-state index contributed by atoms with van der Waals surface area (Å²) in [5.74, 6) is 0.974. The zero-order valence-electron chi connectivity index (χ0n) is 18.9. The van der Waals surface area contributed by atoms with E-state index in [4.69, 9.17) is 9.47 Å². The van der Waals surface area contributed by atoms with Crippen molar-refractivity contribution >= 4 is 17.7 Å². The molecular formula is C26H34N2O3. The van der Waals surface area contributed by atoms with Crippen LogP contribution in [0.3, 0.4) is 0 Å². The van der Waals surface area contributed by atoms with Crippen molar-refractivity contribution in [1.82, 2.24) is 4.90 Å². The van der Waals surface area contributed by atoms with Crippen molar-refractivity contribution in [2.24, 2.45) is 0 Å². The number of allylic oxidation sites excluding steroid dienone is 1. The minimum Gasteiger partial charge on any atom is -0.493 e. The Morgan fingerprint density at radius 2 is 1.90 bits per heavy atom. The molecule has 3 rings (SSSR count). The van der Waals surface area contributed by atoms with Crippen LogP contribution in [-0.2, 0) is 11.3 Å². The molecule has 0 unspecified atom stereocenters. The molecule has 0 aromatic heterocycles. The van der Waals surface area contributed by atoms with E-state index in [-0.39, 0.29) is 12.5 Å². The number of benzene rings is 2. The van der Waals surface area contributed by atoms with Crippen LogP contribution in [0.4, 0.5) is 5.69 Å². The third kappa shape index (κ3) is 6.59. The van der Waals surface area contributed by atoms with Crippen molar-refractivity contribution in [3.8, 4) is 11.5 Å². The molecule has 1 N–H and O–H groups in total. The summed E-state index contributed by atoms with van der Waals surface area (Å²) in [6.45, 7) is 2.71. The third-order valence-corrected chi connectivity index (χ3v) is 5.81. The summed E-state index contributed by atoms with van der Waals surface area (Å²) in [6, 6.07) is 14.3. The number of para-hydroxylation sites is 1. The van der Waals surface area contributed by atoms with E-state index in [0.29, 0.717) is 17.5 Å². The zero-order chi connectivity index (χ0) is 22.1. The van der Waals surface area contributed by atoms with Gasteiger partial charge in [0.1, 0.15) is 0 Å². The molecule has 0 bridgehead atoms. The molecule has 2 aromatic rings. The van der Waals surface area contributed by atoms with Gasteiger partial charge >= 0.3 is 0 Å². The Labute approximate surface area is 186 Å². The van der Waals surface area contributed by atoms with Gasteiger partial charge in [-0.15, -0.1) is 0 Å². The van der Waals surface area contributed by atoms with Crippen LogP contribution in [0.25, 0.3) is 6.08 Å². The van der Waals surface area contributed by atoms with E-state index in [9.17, 15) is 4.79 Å². The van der Waals surface area contributed by atoms with Crippen molar-refractivity contribution in [2.45, 2.75) is 51.6 Å². The maximum atomic E-state index is 12.6. The Hall–Kier alpha value is -2.79. The second-order valence-corrected chi connectivity index (χ2v) is 8.11. The number of hydrogen-bond donors (Lipinski definition) is 1. The number of hydrogen-bond acceptors (Lipinski definition) is 4. The first-order valence-electron chi connectivity index (χ1n) is 11.1. The highest BCUT2D eigenvalue weighted by molar-refractivity contribution is 5.92. The van der Waals surface area contributed by atoms with Gasteiger partial charge in [0.05, 0.1) is 7.11 Å². The molecule has 1 saturated carbocycles. The highest BCUT2D eigenvalue weighted by atomic mass is 16.5. The minimum atomic E-state index is -0.188. The van der Waals surface area contributed by atoms with Gasteiger partial charge in [-0.3, -0.25) is 9.69 Å². The average molecular weight is 423 g/mol. The van der Waals surface area contributed by atoms with Crippen LogP contribution >= 0.6 is 0 Å². The fourth-order valence-electron chi connectivity index (χ4n) is 4.13. The fourth-order valence-corrected chi connectivity index (χ4v) is 4.13. The van der Waals surface area contributed by atoms with Crippen LogP contribution in [0.2, 0.25) is 0 Å². The average Bonchev–Trinajstić information content (AvgIpc) is 2.80. The van der Waals surface area contributed by atoms with E-state index in [0.717, 1.165) is 23.4 Å². The topological polar surface area (TPSA) is 50.8 Å². The van der Waals surface area contributed by atoms with E-state index < -0.39 is 0 Å². The van der Waals surface area contributed by atoms with Gasteiger partial charge in [-0.25, -0.2) is 0 Å². The molecular weight excluding hydrogens is 388 g/mol. The maximum absolute atomic E-state index is 12.6. The first-order valence-corrected chi connectivity index (χ1v) is 11.1. The monoisotopic (exact) mass is 422 g/mol. The van der Waals surface area contributed by atoms with Gasteiger partial charge in [0.2, 0.25) is 0 Å². The molecule has 0 heterocycles. The van der Waals surface area contributed by atoms with Crippen LogP contribution in [0, 0.1) is 0 Å². The summed E-state index contributed by atoms with van der Waals surface area (Å²) in [5, 5.41) is 3.02. The van der Waals surface area contributed by atoms with Crippen molar-refractivity contribution in [2.75, 3.05) is 26.1 Å². The predicted octanol–water partition coefficient (Wildman–Crippen LogP) is 5.51. The first kappa shape index (κ1) is 22.9. The summed E-state index contributed by atoms with van der Waals surface area (Å²) in [7, 11) is 3.78. The molecule has 0 atom stereocenters. The Bertz CT molecular complexity index is 888. The molecule has 1 fully saturated rings. The minimum absolute atomic E-state index is 0.0773. The van der Waals surface area contributed by atoms with Gasteiger partial charge in [0, 0.05) is 18.3 Å². The number of nitrogens with one attached hydrogen (secondary N) is 1. The number of carbonyl (C=O) groups is 1. The summed E-state index contributed by atoms with van der Waals surface area (Å²) >= 11 is 0. The van der Waals surface area contributed by atoms with Crippen molar-refractivity contribution < 1.29 is 14.3 Å². The Kier molecular flexibility index (Phi) is 8.53. The van der Waals surface area contributed by atoms with E-state index in [1.807, 2.05) is 55.5 Å². The molecule has 1 amide bonds. The summed E-state index contributed by atoms with van der Waals surface area (Å²) < 4.78 is 11.1. The quantitative estimate of drug-likeness (QED) is 0.579. The van der Waals surface area contributed by atoms with E-state index >= 15 is 0 Å². The van der Waals surface area contributed by atoms with Crippen molar-refractivity contribution in [1.29, 1.82) is 0 Å². The molecule has 166 valence electrons. The number of anilines is 1. The molecule has 1 aliphatic rings. The second-order valence-electron chi connectivity index (χ2n) is 8.11. The molecule has 0 saturated heterocycles. The lowest BCUT2D eigenvalue weighted by molar-refractivity contribution is -0.118. The molecule has 0 radical (unpaired) electrons. The van der Waals surface area contributed by atoms with E-state index in [1.165, 1.54) is 32.1 Å². The number of nitrogens with zero attached hydrogens (tertiary/aromatic N) is 1. The lowest BCUT2D eigenvalue weighted by Gasteiger charge is -2.31. The smallest absolute Gasteiger partial charge is 0.262 e. The maximum Gasteiger partial charge on any atom is 0.262 e. The molecule has 1 aliphatic carbocycles. The SMILES string of the molecule is C/C=C/c1ccc(OCC(=O)Nc2ccccc2CN(C)C2CCCCC2)c(OC)c1. The number of rotatable bonds is 9. The van der Waals surface area contributed by atoms with Crippen LogP contribution in [0.5, 0.6) is 11.5 Å². The first-order chi connectivity index (χ1) is 15.1. The zero-order valence-corrected chi connectivity index (χ0v) is 18.9. The van der Waals surface area contributed by atoms with Crippen molar-refractivity contribution in [3.05, 3.63) is 59.7 Å². The summed E-state index contributed by atoms with van der Waals surface area (Å²) in [5.41, 5.74) is 2.98. The highest BCUT2D eigenvalue weighted by Gasteiger charge is 2.19. The third-order valence-electron chi connectivity index (χ3n) is 5.81. The molecule has 0 spiro atoms. The number of amides is 1. The lowest BCUT2D eigenvalue weighted by atomic mass is 9.94. The fraction of sp³-hybridized carbons (Fsp3) is 0.423. The largest absolute Gasteiger partial charge is 0.493 e. The van der Waals surface area contributed by atoms with Crippen LogP contribution in [-0.4, -0.2) is 37.6 Å². The van der Waals surface area contributed by atoms with Gasteiger partial charge in [-0.1, -0.05) is 55.7 Å². The molecule has 5 nitrogen and oxygen atoms in total. The van der Waals surface area contributed by atoms with Gasteiger partial charge in [0.15, 0.2) is 18.1 Å². The van der Waals surface area contributed by atoms with Gasteiger partial charge in [-0.2, -0.15) is 0 Å². The van der Waals surface area contributed by atoms with Crippen LogP contribution in [0.15, 0.2) is 48.5 Å². The number of methoxy groups -OCH3 is 1. The van der Waals surface area contributed by atoms with E-state index in [2.05, 4.69) is 23.3 Å². The molecule has 5 heteroatoms. The van der Waals surface area contributed by atoms with Gasteiger partial charge in [-0.05, 0) is 56.1 Å². The summed E-state index contributed by atoms with van der Waals surface area (Å²) in [4.78, 5) is 15.0.